The predicted octanol–water partition coefficient (Wildman–Crippen LogP) is 8.09. The lowest BCUT2D eigenvalue weighted by Crippen LogP contribution is -2.19. The minimum absolute atomic E-state index is 0.208. The summed E-state index contributed by atoms with van der Waals surface area (Å²) in [7, 11) is 0. The largest absolute Gasteiger partial charge is 0.465 e. The average Bonchev–Trinajstić information content (AvgIpc) is 2.68. The van der Waals surface area contributed by atoms with Crippen LogP contribution in [-0.2, 0) is 4.74 Å². The number of rotatable bonds is 8. The standard InChI is InChI=1S/C27H40O2/c1-6-26(27(3,4)5)24-13-12-23-19-25(15-14-22(23)18-24)29-20(2)28-17-16-21-10-8-7-9-11-21/h12-15,18-21,26H,6-11,16-17H2,1-5H3. The molecule has 2 atom stereocenters. The summed E-state index contributed by atoms with van der Waals surface area (Å²) in [6.45, 7) is 12.1. The molecule has 3 rings (SSSR count). The van der Waals surface area contributed by atoms with Crippen LogP contribution in [0.15, 0.2) is 36.4 Å². The highest BCUT2D eigenvalue weighted by molar-refractivity contribution is 5.84. The first-order chi connectivity index (χ1) is 13.9. The molecule has 1 fully saturated rings. The van der Waals surface area contributed by atoms with E-state index >= 15 is 0 Å². The van der Waals surface area contributed by atoms with E-state index < -0.39 is 0 Å². The molecule has 2 aromatic rings. The fourth-order valence-electron chi connectivity index (χ4n) is 4.98. The van der Waals surface area contributed by atoms with Gasteiger partial charge in [0.15, 0.2) is 6.29 Å². The van der Waals surface area contributed by atoms with E-state index in [9.17, 15) is 0 Å². The van der Waals surface area contributed by atoms with E-state index in [0.29, 0.717) is 5.92 Å². The zero-order chi connectivity index (χ0) is 20.9. The van der Waals surface area contributed by atoms with E-state index in [-0.39, 0.29) is 11.7 Å². The molecule has 0 heterocycles. The third-order valence-electron chi connectivity index (χ3n) is 6.60. The van der Waals surface area contributed by atoms with Gasteiger partial charge < -0.3 is 9.47 Å². The molecule has 1 saturated carbocycles. The molecule has 2 aromatic carbocycles. The van der Waals surface area contributed by atoms with Crippen molar-refractivity contribution < 1.29 is 9.47 Å². The molecule has 0 saturated heterocycles. The van der Waals surface area contributed by atoms with E-state index in [2.05, 4.69) is 64.1 Å². The Morgan fingerprint density at radius 1 is 0.966 bits per heavy atom. The van der Waals surface area contributed by atoms with Crippen molar-refractivity contribution in [2.45, 2.75) is 91.8 Å². The summed E-state index contributed by atoms with van der Waals surface area (Å²) < 4.78 is 12.0. The molecule has 1 aliphatic carbocycles. The van der Waals surface area contributed by atoms with Crippen LogP contribution in [0.4, 0.5) is 0 Å². The van der Waals surface area contributed by atoms with Crippen LogP contribution in [0.25, 0.3) is 10.8 Å². The molecule has 160 valence electrons. The van der Waals surface area contributed by atoms with Gasteiger partial charge in [0.2, 0.25) is 0 Å². The van der Waals surface area contributed by atoms with Crippen molar-refractivity contribution in [3.8, 4) is 5.75 Å². The smallest absolute Gasteiger partial charge is 0.196 e. The fourth-order valence-corrected chi connectivity index (χ4v) is 4.98. The van der Waals surface area contributed by atoms with Crippen LogP contribution in [0.5, 0.6) is 5.75 Å². The Hall–Kier alpha value is -1.54. The number of fused-ring (bicyclic) bond motifs is 1. The maximum absolute atomic E-state index is 6.04. The SMILES string of the molecule is CCC(c1ccc2cc(OC(C)OCCC3CCCCC3)ccc2c1)C(C)(C)C. The van der Waals surface area contributed by atoms with Crippen molar-refractivity contribution in [1.82, 2.24) is 0 Å². The van der Waals surface area contributed by atoms with Crippen molar-refractivity contribution >= 4 is 10.8 Å². The molecule has 0 spiro atoms. The van der Waals surface area contributed by atoms with Gasteiger partial charge >= 0.3 is 0 Å². The molecule has 0 radical (unpaired) electrons. The first-order valence-corrected chi connectivity index (χ1v) is 11.7. The topological polar surface area (TPSA) is 18.5 Å². The molecular formula is C27H40O2. The van der Waals surface area contributed by atoms with Gasteiger partial charge in [-0.3, -0.25) is 0 Å². The van der Waals surface area contributed by atoms with Crippen molar-refractivity contribution in [2.75, 3.05) is 6.61 Å². The second-order valence-corrected chi connectivity index (χ2v) is 9.94. The molecule has 0 amide bonds. The number of hydrogen-bond donors (Lipinski definition) is 0. The highest BCUT2D eigenvalue weighted by Gasteiger charge is 2.24. The molecule has 1 aliphatic rings. The Balaban J connectivity index is 1.58. The Morgan fingerprint density at radius 2 is 1.66 bits per heavy atom. The van der Waals surface area contributed by atoms with Crippen molar-refractivity contribution in [3.05, 3.63) is 42.0 Å². The summed E-state index contributed by atoms with van der Waals surface area (Å²) in [5.41, 5.74) is 1.70. The molecule has 2 nitrogen and oxygen atoms in total. The third-order valence-corrected chi connectivity index (χ3v) is 6.60. The minimum Gasteiger partial charge on any atom is -0.465 e. The zero-order valence-electron chi connectivity index (χ0n) is 19.2. The van der Waals surface area contributed by atoms with E-state index in [4.69, 9.17) is 9.47 Å². The summed E-state index contributed by atoms with van der Waals surface area (Å²) in [6.07, 6.45) is 9.07. The normalized spacial score (nSPS) is 18.0. The van der Waals surface area contributed by atoms with Gasteiger partial charge in [0, 0.05) is 0 Å². The van der Waals surface area contributed by atoms with Crippen LogP contribution >= 0.6 is 0 Å². The van der Waals surface area contributed by atoms with Crippen LogP contribution < -0.4 is 4.74 Å². The zero-order valence-corrected chi connectivity index (χ0v) is 19.2. The van der Waals surface area contributed by atoms with Gasteiger partial charge in [0.05, 0.1) is 6.61 Å². The predicted molar refractivity (Wildman–Crippen MR) is 124 cm³/mol. The van der Waals surface area contributed by atoms with Gasteiger partial charge in [0.25, 0.3) is 0 Å². The number of hydrogen-bond acceptors (Lipinski definition) is 2. The molecular weight excluding hydrogens is 356 g/mol. The van der Waals surface area contributed by atoms with Crippen LogP contribution in [0.3, 0.4) is 0 Å². The Labute approximate surface area is 178 Å². The van der Waals surface area contributed by atoms with Crippen molar-refractivity contribution in [2.24, 2.45) is 11.3 Å². The first-order valence-electron chi connectivity index (χ1n) is 11.7. The van der Waals surface area contributed by atoms with Gasteiger partial charge in [-0.05, 0) is 65.5 Å². The summed E-state index contributed by atoms with van der Waals surface area (Å²) >= 11 is 0. The van der Waals surface area contributed by atoms with E-state index in [0.717, 1.165) is 24.7 Å². The number of ether oxygens (including phenoxy) is 2. The van der Waals surface area contributed by atoms with E-state index in [1.165, 1.54) is 54.9 Å². The summed E-state index contributed by atoms with van der Waals surface area (Å²) in [5, 5.41) is 2.51. The van der Waals surface area contributed by atoms with Crippen LogP contribution in [0, 0.1) is 11.3 Å². The molecule has 0 aliphatic heterocycles. The van der Waals surface area contributed by atoms with Gasteiger partial charge in [-0.15, -0.1) is 0 Å². The molecule has 2 heteroatoms. The Kier molecular flexibility index (Phi) is 7.62. The molecule has 29 heavy (non-hydrogen) atoms. The van der Waals surface area contributed by atoms with Crippen molar-refractivity contribution in [3.63, 3.8) is 0 Å². The lowest BCUT2D eigenvalue weighted by molar-refractivity contribution is -0.0710. The monoisotopic (exact) mass is 396 g/mol. The molecule has 2 unspecified atom stereocenters. The van der Waals surface area contributed by atoms with E-state index in [1.807, 2.05) is 6.92 Å². The average molecular weight is 397 g/mol. The quantitative estimate of drug-likeness (QED) is 0.420. The van der Waals surface area contributed by atoms with Gasteiger partial charge in [-0.1, -0.05) is 84.1 Å². The third kappa shape index (κ3) is 6.22. The van der Waals surface area contributed by atoms with Crippen LogP contribution in [0.1, 0.15) is 91.0 Å². The number of benzene rings is 2. The minimum atomic E-state index is -0.208. The Morgan fingerprint density at radius 3 is 2.34 bits per heavy atom. The van der Waals surface area contributed by atoms with Gasteiger partial charge in [0.1, 0.15) is 5.75 Å². The summed E-state index contributed by atoms with van der Waals surface area (Å²) in [4.78, 5) is 0. The summed E-state index contributed by atoms with van der Waals surface area (Å²) in [5.74, 6) is 2.31. The Bertz CT molecular complexity index is 768. The van der Waals surface area contributed by atoms with Crippen LogP contribution in [0.2, 0.25) is 0 Å². The first kappa shape index (κ1) is 22.2. The lowest BCUT2D eigenvalue weighted by Gasteiger charge is -2.30. The highest BCUT2D eigenvalue weighted by atomic mass is 16.7. The molecule has 0 N–H and O–H groups in total. The maximum Gasteiger partial charge on any atom is 0.196 e. The van der Waals surface area contributed by atoms with E-state index in [1.54, 1.807) is 0 Å². The fraction of sp³-hybridized carbons (Fsp3) is 0.630. The molecule has 0 bridgehead atoms. The summed E-state index contributed by atoms with van der Waals surface area (Å²) in [6, 6.07) is 13.3. The van der Waals surface area contributed by atoms with Gasteiger partial charge in [-0.2, -0.15) is 0 Å². The highest BCUT2D eigenvalue weighted by Crippen LogP contribution is 2.38. The lowest BCUT2D eigenvalue weighted by atomic mass is 9.75. The van der Waals surface area contributed by atoms with Crippen LogP contribution in [-0.4, -0.2) is 12.9 Å². The van der Waals surface area contributed by atoms with Gasteiger partial charge in [-0.25, -0.2) is 0 Å². The molecule has 0 aromatic heterocycles. The maximum atomic E-state index is 6.04. The second-order valence-electron chi connectivity index (χ2n) is 9.94. The second kappa shape index (κ2) is 9.98. The van der Waals surface area contributed by atoms with Crippen molar-refractivity contribution in [1.29, 1.82) is 0 Å².